The summed E-state index contributed by atoms with van der Waals surface area (Å²) in [4.78, 5) is 0. The highest BCUT2D eigenvalue weighted by atomic mass is 127. The van der Waals surface area contributed by atoms with Crippen LogP contribution in [0.5, 0.6) is 0 Å². The molecular formula is C12H15Br2I. The topological polar surface area (TPSA) is 0 Å². The minimum Gasteiger partial charge on any atom is -0.0924 e. The highest BCUT2D eigenvalue weighted by Crippen LogP contribution is 2.14. The maximum Gasteiger partial charge on any atom is 0.00718 e. The molecule has 15 heavy (non-hydrogen) atoms. The van der Waals surface area contributed by atoms with Gasteiger partial charge in [-0.05, 0) is 36.0 Å². The van der Waals surface area contributed by atoms with Crippen LogP contribution in [0.3, 0.4) is 0 Å². The van der Waals surface area contributed by atoms with Gasteiger partial charge in [0.25, 0.3) is 0 Å². The van der Waals surface area contributed by atoms with Gasteiger partial charge in [-0.25, -0.2) is 0 Å². The molecule has 0 N–H and O–H groups in total. The number of benzene rings is 1. The van der Waals surface area contributed by atoms with Crippen molar-refractivity contribution in [3.63, 3.8) is 0 Å². The van der Waals surface area contributed by atoms with E-state index in [1.807, 2.05) is 0 Å². The van der Waals surface area contributed by atoms with E-state index in [0.717, 1.165) is 23.5 Å². The number of halogens is 3. The largest absolute Gasteiger partial charge is 0.0924 e. The average molecular weight is 446 g/mol. The van der Waals surface area contributed by atoms with Gasteiger partial charge in [0.15, 0.2) is 0 Å². The first-order valence-corrected chi connectivity index (χ1v) is 8.86. The Morgan fingerprint density at radius 2 is 1.20 bits per heavy atom. The van der Waals surface area contributed by atoms with E-state index < -0.39 is 0 Å². The van der Waals surface area contributed by atoms with Crippen molar-refractivity contribution in [3.8, 4) is 0 Å². The monoisotopic (exact) mass is 444 g/mol. The van der Waals surface area contributed by atoms with E-state index in [-0.39, 0.29) is 0 Å². The Morgan fingerprint density at radius 1 is 0.800 bits per heavy atom. The fourth-order valence-corrected chi connectivity index (χ4v) is 3.14. The molecule has 0 saturated heterocycles. The van der Waals surface area contributed by atoms with Crippen LogP contribution in [0.25, 0.3) is 0 Å². The zero-order valence-corrected chi connectivity index (χ0v) is 13.9. The van der Waals surface area contributed by atoms with Crippen LogP contribution in [0.2, 0.25) is 0 Å². The van der Waals surface area contributed by atoms with Crippen molar-refractivity contribution < 1.29 is 0 Å². The van der Waals surface area contributed by atoms with Gasteiger partial charge in [0, 0.05) is 15.1 Å². The van der Waals surface area contributed by atoms with Crippen molar-refractivity contribution in [2.45, 2.75) is 19.3 Å². The van der Waals surface area contributed by atoms with Gasteiger partial charge < -0.3 is 0 Å². The number of hydrogen-bond acceptors (Lipinski definition) is 0. The molecule has 0 spiro atoms. The Hall–Kier alpha value is 0.910. The maximum absolute atomic E-state index is 3.50. The summed E-state index contributed by atoms with van der Waals surface area (Å²) in [6, 6.07) is 7.02. The molecule has 1 aromatic rings. The average Bonchev–Trinajstić information content (AvgIpc) is 2.19. The molecular weight excluding hydrogens is 431 g/mol. The Morgan fingerprint density at radius 3 is 1.53 bits per heavy atom. The molecule has 0 aliphatic heterocycles. The molecule has 0 saturated carbocycles. The Balaban J connectivity index is 2.86. The summed E-state index contributed by atoms with van der Waals surface area (Å²) in [6.07, 6.45) is 3.45. The molecule has 0 amide bonds. The summed E-state index contributed by atoms with van der Waals surface area (Å²) in [7, 11) is 0. The van der Waals surface area contributed by atoms with Crippen molar-refractivity contribution in [2.75, 3.05) is 15.1 Å². The highest BCUT2D eigenvalue weighted by Gasteiger charge is 2.00. The predicted molar refractivity (Wildman–Crippen MR) is 84.0 cm³/mol. The molecule has 0 atom stereocenters. The summed E-state index contributed by atoms with van der Waals surface area (Å²) in [5, 5.41) is 2.10. The van der Waals surface area contributed by atoms with Crippen molar-refractivity contribution in [1.29, 1.82) is 0 Å². The van der Waals surface area contributed by atoms with Crippen LogP contribution >= 0.6 is 54.5 Å². The summed E-state index contributed by atoms with van der Waals surface area (Å²) in [5.41, 5.74) is 4.41. The van der Waals surface area contributed by atoms with Gasteiger partial charge in [-0.1, -0.05) is 72.6 Å². The fraction of sp³-hybridized carbons (Fsp3) is 0.500. The quantitative estimate of drug-likeness (QED) is 0.445. The lowest BCUT2D eigenvalue weighted by atomic mass is 10.0. The van der Waals surface area contributed by atoms with Crippen LogP contribution in [-0.2, 0) is 19.3 Å². The minimum atomic E-state index is 1.05. The van der Waals surface area contributed by atoms with E-state index in [2.05, 4.69) is 72.6 Å². The molecule has 0 unspecified atom stereocenters. The normalized spacial score (nSPS) is 10.6. The number of rotatable bonds is 6. The van der Waals surface area contributed by atoms with Crippen molar-refractivity contribution >= 4 is 54.5 Å². The van der Waals surface area contributed by atoms with Crippen LogP contribution in [0, 0.1) is 0 Å². The lowest BCUT2D eigenvalue weighted by Gasteiger charge is -2.07. The summed E-state index contributed by atoms with van der Waals surface area (Å²) in [5.74, 6) is 0. The highest BCUT2D eigenvalue weighted by molar-refractivity contribution is 14.1. The molecule has 84 valence electrons. The molecule has 0 aliphatic carbocycles. The smallest absolute Gasteiger partial charge is 0.00718 e. The fourth-order valence-electron chi connectivity index (χ4n) is 1.60. The molecule has 0 radical (unpaired) electrons. The zero-order chi connectivity index (χ0) is 11.1. The predicted octanol–water partition coefficient (Wildman–Crippen LogP) is 4.54. The number of alkyl halides is 3. The van der Waals surface area contributed by atoms with Gasteiger partial charge in [-0.15, -0.1) is 0 Å². The third-order valence-corrected chi connectivity index (χ3v) is 3.59. The first kappa shape index (κ1) is 14.0. The van der Waals surface area contributed by atoms with Gasteiger partial charge >= 0.3 is 0 Å². The van der Waals surface area contributed by atoms with Gasteiger partial charge in [-0.3, -0.25) is 0 Å². The first-order valence-electron chi connectivity index (χ1n) is 5.09. The molecule has 1 aromatic carbocycles. The molecule has 0 fully saturated rings. The first-order chi connectivity index (χ1) is 7.30. The zero-order valence-electron chi connectivity index (χ0n) is 8.61. The van der Waals surface area contributed by atoms with E-state index in [1.54, 1.807) is 0 Å². The van der Waals surface area contributed by atoms with Crippen LogP contribution in [0.15, 0.2) is 18.2 Å². The van der Waals surface area contributed by atoms with E-state index in [0.29, 0.717) is 0 Å². The Kier molecular flexibility index (Phi) is 7.52. The van der Waals surface area contributed by atoms with Crippen LogP contribution in [0.1, 0.15) is 16.7 Å². The second kappa shape index (κ2) is 8.07. The van der Waals surface area contributed by atoms with Crippen LogP contribution in [-0.4, -0.2) is 15.1 Å². The van der Waals surface area contributed by atoms with Gasteiger partial charge in [-0.2, -0.15) is 0 Å². The second-order valence-corrected chi connectivity index (χ2v) is 6.14. The SMILES string of the molecule is BrCCc1cc(CCBr)cc(CCI)c1. The maximum atomic E-state index is 3.50. The molecule has 1 rings (SSSR count). The van der Waals surface area contributed by atoms with E-state index >= 15 is 0 Å². The second-order valence-electron chi connectivity index (χ2n) is 3.47. The van der Waals surface area contributed by atoms with Gasteiger partial charge in [0.2, 0.25) is 0 Å². The van der Waals surface area contributed by atoms with Crippen molar-refractivity contribution in [1.82, 2.24) is 0 Å². The number of hydrogen-bond donors (Lipinski definition) is 0. The van der Waals surface area contributed by atoms with Crippen molar-refractivity contribution in [2.24, 2.45) is 0 Å². The summed E-state index contributed by atoms with van der Waals surface area (Å²) >= 11 is 9.44. The van der Waals surface area contributed by atoms with Crippen molar-refractivity contribution in [3.05, 3.63) is 34.9 Å². The summed E-state index contributed by atoms with van der Waals surface area (Å²) in [6.45, 7) is 0. The number of aryl methyl sites for hydroxylation is 3. The summed E-state index contributed by atoms with van der Waals surface area (Å²) < 4.78 is 1.20. The third-order valence-electron chi connectivity index (χ3n) is 2.26. The van der Waals surface area contributed by atoms with E-state index in [4.69, 9.17) is 0 Å². The van der Waals surface area contributed by atoms with Crippen LogP contribution in [0.4, 0.5) is 0 Å². The lowest BCUT2D eigenvalue weighted by molar-refractivity contribution is 1.07. The van der Waals surface area contributed by atoms with E-state index in [9.17, 15) is 0 Å². The Labute approximate surface area is 123 Å². The van der Waals surface area contributed by atoms with Gasteiger partial charge in [0.05, 0.1) is 0 Å². The minimum absolute atomic E-state index is 1.05. The van der Waals surface area contributed by atoms with E-state index in [1.165, 1.54) is 27.5 Å². The molecule has 0 aliphatic rings. The third kappa shape index (κ3) is 5.18. The van der Waals surface area contributed by atoms with Gasteiger partial charge in [0.1, 0.15) is 0 Å². The molecule has 0 bridgehead atoms. The standard InChI is InChI=1S/C12H15Br2I/c13-4-1-10-7-11(2-5-14)9-12(8-10)3-6-15/h7-9H,1-6H2. The molecule has 0 aromatic heterocycles. The van der Waals surface area contributed by atoms with Crippen LogP contribution < -0.4 is 0 Å². The molecule has 3 heteroatoms. The molecule has 0 nitrogen and oxygen atoms in total. The lowest BCUT2D eigenvalue weighted by Crippen LogP contribution is -1.96. The molecule has 0 heterocycles. The Bertz CT molecular complexity index is 240.